The number of esters is 1. The summed E-state index contributed by atoms with van der Waals surface area (Å²) in [6.07, 6.45) is -9.73. The van der Waals surface area contributed by atoms with Crippen molar-refractivity contribution in [2.75, 3.05) is 13.2 Å². The van der Waals surface area contributed by atoms with Crippen LogP contribution in [-0.4, -0.2) is 110 Å². The average molecular weight is 484 g/mol. The van der Waals surface area contributed by atoms with Crippen LogP contribution in [0.1, 0.15) is 10.4 Å². The van der Waals surface area contributed by atoms with Gasteiger partial charge in [-0.15, -0.1) is 0 Å². The first-order valence-corrected chi connectivity index (χ1v) is 10.8. The van der Waals surface area contributed by atoms with Crippen molar-refractivity contribution in [1.82, 2.24) is 0 Å². The highest BCUT2D eigenvalue weighted by atomic mass is 16.8. The van der Waals surface area contributed by atoms with Crippen LogP contribution in [0.25, 0.3) is 0 Å². The van der Waals surface area contributed by atoms with Gasteiger partial charge < -0.3 is 54.7 Å². The van der Waals surface area contributed by atoms with E-state index in [1.807, 2.05) is 0 Å². The van der Waals surface area contributed by atoms with Crippen molar-refractivity contribution < 1.29 is 59.5 Å². The molecule has 12 heteroatoms. The molecule has 1 saturated heterocycles. The number of aliphatic hydroxyl groups is 7. The molecule has 2 fully saturated rings. The summed E-state index contributed by atoms with van der Waals surface area (Å²) in [5, 5.41) is 71.6. The fourth-order valence-electron chi connectivity index (χ4n) is 4.71. The third-order valence-corrected chi connectivity index (χ3v) is 6.62. The standard InChI is InChI=1S/C22H28O12/c23-8-12-14(25)15(26)16(27)21(32-12)34-20-13-11(6-7-31-20)17(18(28)22(13,30)9-24)33-19(29)10-4-2-1-3-5-10/h1-7,11-18,20-21,23-28,30H,8-9H2/t11-,12-,13+,14+,15+,16+,17+,18+,20+,21-,22+/m0/s1. The lowest BCUT2D eigenvalue weighted by Crippen LogP contribution is -2.61. The molecule has 1 aromatic rings. The second-order valence-corrected chi connectivity index (χ2v) is 8.60. The number of hydrogen-bond acceptors (Lipinski definition) is 12. The predicted molar refractivity (Wildman–Crippen MR) is 110 cm³/mol. The van der Waals surface area contributed by atoms with Crippen molar-refractivity contribution in [1.29, 1.82) is 0 Å². The lowest BCUT2D eigenvalue weighted by Gasteiger charge is -2.43. The maximum Gasteiger partial charge on any atom is 0.338 e. The van der Waals surface area contributed by atoms with Gasteiger partial charge in [-0.2, -0.15) is 0 Å². The van der Waals surface area contributed by atoms with E-state index in [9.17, 15) is 40.5 Å². The summed E-state index contributed by atoms with van der Waals surface area (Å²) >= 11 is 0. The van der Waals surface area contributed by atoms with E-state index >= 15 is 0 Å². The highest BCUT2D eigenvalue weighted by Crippen LogP contribution is 2.48. The van der Waals surface area contributed by atoms with Crippen LogP contribution in [0.4, 0.5) is 0 Å². The van der Waals surface area contributed by atoms with E-state index in [-0.39, 0.29) is 5.56 Å². The SMILES string of the molecule is O=C(O[C@@H]1[C@H]2C=CO[C@H](O[C@@H]3O[C@@H](CO)[C@@H](O)[C@@H](O)[C@H]3O)[C@@H]2[C@](O)(CO)[C@@H]1O)c1ccccc1. The zero-order valence-electron chi connectivity index (χ0n) is 17.9. The summed E-state index contributed by atoms with van der Waals surface area (Å²) < 4.78 is 21.9. The Morgan fingerprint density at radius 2 is 1.71 bits per heavy atom. The van der Waals surface area contributed by atoms with Crippen LogP contribution in [0.2, 0.25) is 0 Å². The summed E-state index contributed by atoms with van der Waals surface area (Å²) in [6, 6.07) is 8.01. The molecular formula is C22H28O12. The van der Waals surface area contributed by atoms with Crippen LogP contribution in [-0.2, 0) is 18.9 Å². The van der Waals surface area contributed by atoms with Gasteiger partial charge >= 0.3 is 5.97 Å². The van der Waals surface area contributed by atoms with Crippen LogP contribution >= 0.6 is 0 Å². The zero-order valence-corrected chi connectivity index (χ0v) is 17.9. The van der Waals surface area contributed by atoms with Crippen molar-refractivity contribution >= 4 is 5.97 Å². The Labute approximate surface area is 194 Å². The van der Waals surface area contributed by atoms with Gasteiger partial charge in [-0.05, 0) is 18.2 Å². The lowest BCUT2D eigenvalue weighted by molar-refractivity contribution is -0.348. The lowest BCUT2D eigenvalue weighted by atomic mass is 9.83. The van der Waals surface area contributed by atoms with Gasteiger partial charge in [0, 0.05) is 5.92 Å². The molecule has 4 rings (SSSR count). The molecule has 3 aliphatic rings. The molecule has 12 nitrogen and oxygen atoms in total. The molecule has 0 bridgehead atoms. The summed E-state index contributed by atoms with van der Waals surface area (Å²) in [5.41, 5.74) is -2.02. The summed E-state index contributed by atoms with van der Waals surface area (Å²) in [7, 11) is 0. The van der Waals surface area contributed by atoms with E-state index < -0.39 is 85.8 Å². The molecule has 0 aromatic heterocycles. The van der Waals surface area contributed by atoms with Crippen molar-refractivity contribution in [3.05, 3.63) is 48.2 Å². The second-order valence-electron chi connectivity index (χ2n) is 8.60. The molecular weight excluding hydrogens is 456 g/mol. The highest BCUT2D eigenvalue weighted by molar-refractivity contribution is 5.89. The molecule has 1 aromatic carbocycles. The Morgan fingerprint density at radius 1 is 1.00 bits per heavy atom. The quantitative estimate of drug-likeness (QED) is 0.206. The summed E-state index contributed by atoms with van der Waals surface area (Å²) in [6.45, 7) is -1.63. The smallest absolute Gasteiger partial charge is 0.338 e. The zero-order chi connectivity index (χ0) is 24.6. The van der Waals surface area contributed by atoms with E-state index in [1.165, 1.54) is 24.5 Å². The molecule has 7 N–H and O–H groups in total. The fourth-order valence-corrected chi connectivity index (χ4v) is 4.71. The molecule has 0 unspecified atom stereocenters. The van der Waals surface area contributed by atoms with Gasteiger partial charge in [0.25, 0.3) is 0 Å². The minimum atomic E-state index is -2.24. The van der Waals surface area contributed by atoms with Crippen molar-refractivity contribution in [2.24, 2.45) is 11.8 Å². The van der Waals surface area contributed by atoms with Gasteiger partial charge in [0.2, 0.25) is 6.29 Å². The minimum Gasteiger partial charge on any atom is -0.472 e. The van der Waals surface area contributed by atoms with Crippen LogP contribution in [0, 0.1) is 11.8 Å². The molecule has 1 saturated carbocycles. The summed E-state index contributed by atoms with van der Waals surface area (Å²) in [4.78, 5) is 12.6. The Hall–Kier alpha value is -2.13. The van der Waals surface area contributed by atoms with Crippen LogP contribution in [0.5, 0.6) is 0 Å². The first kappa shape index (κ1) is 25.0. The maximum absolute atomic E-state index is 12.6. The topological polar surface area (TPSA) is 196 Å². The number of aliphatic hydroxyl groups excluding tert-OH is 6. The molecule has 188 valence electrons. The van der Waals surface area contributed by atoms with E-state index in [0.29, 0.717) is 0 Å². The predicted octanol–water partition coefficient (Wildman–Crippen LogP) is -2.77. The molecule has 11 atom stereocenters. The van der Waals surface area contributed by atoms with Gasteiger partial charge in [0.15, 0.2) is 6.29 Å². The Balaban J connectivity index is 1.57. The van der Waals surface area contributed by atoms with Crippen molar-refractivity contribution in [3.8, 4) is 0 Å². The van der Waals surface area contributed by atoms with E-state index in [2.05, 4.69) is 0 Å². The number of ether oxygens (including phenoxy) is 4. The largest absolute Gasteiger partial charge is 0.472 e. The van der Waals surface area contributed by atoms with Crippen LogP contribution < -0.4 is 0 Å². The maximum atomic E-state index is 12.6. The number of fused-ring (bicyclic) bond motifs is 1. The van der Waals surface area contributed by atoms with Crippen molar-refractivity contribution in [2.45, 2.75) is 54.8 Å². The molecule has 34 heavy (non-hydrogen) atoms. The van der Waals surface area contributed by atoms with E-state index in [4.69, 9.17) is 18.9 Å². The van der Waals surface area contributed by atoms with E-state index in [0.717, 1.165) is 0 Å². The number of benzene rings is 1. The molecule has 0 amide bonds. The molecule has 2 heterocycles. The van der Waals surface area contributed by atoms with Crippen LogP contribution in [0.3, 0.4) is 0 Å². The number of rotatable bonds is 6. The fraction of sp³-hybridized carbons (Fsp3) is 0.591. The van der Waals surface area contributed by atoms with Crippen molar-refractivity contribution in [3.63, 3.8) is 0 Å². The number of carbonyl (C=O) groups is 1. The van der Waals surface area contributed by atoms with Gasteiger partial charge in [-0.25, -0.2) is 4.79 Å². The first-order chi connectivity index (χ1) is 16.2. The minimum absolute atomic E-state index is 0.218. The van der Waals surface area contributed by atoms with Gasteiger partial charge in [0.1, 0.15) is 42.2 Å². The van der Waals surface area contributed by atoms with Gasteiger partial charge in [0.05, 0.1) is 31.0 Å². The average Bonchev–Trinajstić information content (AvgIpc) is 3.07. The molecule has 0 radical (unpaired) electrons. The normalized spacial score (nSPS) is 43.7. The number of carbonyl (C=O) groups excluding carboxylic acids is 1. The highest BCUT2D eigenvalue weighted by Gasteiger charge is 2.65. The molecule has 0 spiro atoms. The third kappa shape index (κ3) is 4.21. The Bertz CT molecular complexity index is 878. The monoisotopic (exact) mass is 484 g/mol. The Kier molecular flexibility index (Phi) is 7.24. The van der Waals surface area contributed by atoms with Gasteiger partial charge in [-0.1, -0.05) is 18.2 Å². The molecule has 1 aliphatic carbocycles. The van der Waals surface area contributed by atoms with Crippen LogP contribution in [0.15, 0.2) is 42.7 Å². The first-order valence-electron chi connectivity index (χ1n) is 10.8. The number of hydrogen-bond donors (Lipinski definition) is 7. The third-order valence-electron chi connectivity index (χ3n) is 6.62. The second kappa shape index (κ2) is 9.85. The molecule has 2 aliphatic heterocycles. The summed E-state index contributed by atoms with van der Waals surface area (Å²) in [5.74, 6) is -2.82. The van der Waals surface area contributed by atoms with E-state index in [1.54, 1.807) is 18.2 Å². The Morgan fingerprint density at radius 3 is 2.35 bits per heavy atom. The van der Waals surface area contributed by atoms with Gasteiger partial charge in [-0.3, -0.25) is 0 Å².